The highest BCUT2D eigenvalue weighted by Gasteiger charge is 2.39. The third-order valence-electron chi connectivity index (χ3n) is 3.11. The van der Waals surface area contributed by atoms with E-state index >= 15 is 0 Å². The molecule has 4 heteroatoms. The Morgan fingerprint density at radius 1 is 1.47 bits per heavy atom. The van der Waals surface area contributed by atoms with Crippen molar-refractivity contribution in [3.05, 3.63) is 18.1 Å². The fraction of sp³-hybridized carbons (Fsp3) is 0.636. The van der Waals surface area contributed by atoms with Gasteiger partial charge in [-0.25, -0.2) is 4.98 Å². The van der Waals surface area contributed by atoms with Crippen LogP contribution in [-0.4, -0.2) is 22.5 Å². The van der Waals surface area contributed by atoms with E-state index in [4.69, 9.17) is 16.3 Å². The average Bonchev–Trinajstić information content (AvgIpc) is 2.60. The van der Waals surface area contributed by atoms with Crippen molar-refractivity contribution >= 4 is 11.6 Å². The van der Waals surface area contributed by atoms with Crippen LogP contribution in [-0.2, 0) is 5.41 Å². The van der Waals surface area contributed by atoms with E-state index in [1.807, 2.05) is 0 Å². The van der Waals surface area contributed by atoms with Crippen LogP contribution in [0.15, 0.2) is 12.4 Å². The number of alkyl halides is 1. The Kier molecular flexibility index (Phi) is 2.83. The van der Waals surface area contributed by atoms with E-state index in [0.717, 1.165) is 25.0 Å². The molecule has 1 aromatic rings. The molecule has 0 amide bonds. The Hall–Kier alpha value is -0.830. The summed E-state index contributed by atoms with van der Waals surface area (Å²) in [7, 11) is 1.63. The lowest BCUT2D eigenvalue weighted by molar-refractivity contribution is 0.363. The lowest BCUT2D eigenvalue weighted by atomic mass is 9.85. The van der Waals surface area contributed by atoms with Crippen LogP contribution in [0.3, 0.4) is 0 Å². The molecule has 0 spiro atoms. The molecule has 82 valence electrons. The number of halogens is 1. The second-order valence-electron chi connectivity index (χ2n) is 4.31. The summed E-state index contributed by atoms with van der Waals surface area (Å²) in [5, 5.41) is 0.252. The quantitative estimate of drug-likeness (QED) is 0.727. The first-order valence-corrected chi connectivity index (χ1v) is 5.59. The molecule has 0 radical (unpaired) electrons. The minimum atomic E-state index is 0.0199. The lowest BCUT2D eigenvalue weighted by Gasteiger charge is -2.23. The molecule has 2 atom stereocenters. The summed E-state index contributed by atoms with van der Waals surface area (Å²) in [6.07, 6.45) is 6.40. The van der Waals surface area contributed by atoms with Crippen molar-refractivity contribution < 1.29 is 4.74 Å². The highest BCUT2D eigenvalue weighted by Crippen LogP contribution is 2.44. The van der Waals surface area contributed by atoms with Crippen molar-refractivity contribution in [3.8, 4) is 5.88 Å². The van der Waals surface area contributed by atoms with Gasteiger partial charge in [0.25, 0.3) is 0 Å². The Labute approximate surface area is 94.8 Å². The summed E-state index contributed by atoms with van der Waals surface area (Å²) in [4.78, 5) is 8.58. The minimum Gasteiger partial charge on any atom is -0.480 e. The zero-order chi connectivity index (χ0) is 10.9. The summed E-state index contributed by atoms with van der Waals surface area (Å²) in [6.45, 7) is 2.18. The van der Waals surface area contributed by atoms with Crippen molar-refractivity contribution in [1.29, 1.82) is 0 Å². The van der Waals surface area contributed by atoms with Gasteiger partial charge in [0.1, 0.15) is 5.69 Å². The standard InChI is InChI=1S/C11H15ClN2O/c1-11(4-3-8(12)7-11)9-10(15-2)14-6-5-13-9/h5-6,8H,3-4,7H2,1-2H3. The van der Waals surface area contributed by atoms with Gasteiger partial charge in [-0.2, -0.15) is 0 Å². The number of nitrogens with zero attached hydrogens (tertiary/aromatic N) is 2. The van der Waals surface area contributed by atoms with Crippen molar-refractivity contribution in [2.24, 2.45) is 0 Å². The zero-order valence-corrected chi connectivity index (χ0v) is 9.79. The second-order valence-corrected chi connectivity index (χ2v) is 4.93. The fourth-order valence-electron chi connectivity index (χ4n) is 2.27. The molecule has 0 bridgehead atoms. The van der Waals surface area contributed by atoms with Gasteiger partial charge < -0.3 is 4.74 Å². The first kappa shape index (κ1) is 10.7. The molecule has 3 nitrogen and oxygen atoms in total. The lowest BCUT2D eigenvalue weighted by Crippen LogP contribution is -2.21. The minimum absolute atomic E-state index is 0.0199. The molecule has 15 heavy (non-hydrogen) atoms. The zero-order valence-electron chi connectivity index (χ0n) is 9.03. The third-order valence-corrected chi connectivity index (χ3v) is 3.48. The van der Waals surface area contributed by atoms with Crippen LogP contribution in [0.4, 0.5) is 0 Å². The van der Waals surface area contributed by atoms with Crippen molar-refractivity contribution in [1.82, 2.24) is 9.97 Å². The molecule has 0 aromatic carbocycles. The van der Waals surface area contributed by atoms with Crippen LogP contribution in [0.5, 0.6) is 5.88 Å². The number of hydrogen-bond donors (Lipinski definition) is 0. The molecule has 0 aliphatic heterocycles. The van der Waals surface area contributed by atoms with Crippen molar-refractivity contribution in [2.75, 3.05) is 7.11 Å². The number of ether oxygens (including phenoxy) is 1. The highest BCUT2D eigenvalue weighted by atomic mass is 35.5. The van der Waals surface area contributed by atoms with Gasteiger partial charge in [0.2, 0.25) is 5.88 Å². The molecule has 0 N–H and O–H groups in total. The Balaban J connectivity index is 2.36. The second kappa shape index (κ2) is 3.97. The first-order valence-electron chi connectivity index (χ1n) is 5.15. The Morgan fingerprint density at radius 2 is 2.20 bits per heavy atom. The van der Waals surface area contributed by atoms with E-state index < -0.39 is 0 Å². The molecule has 1 fully saturated rings. The van der Waals surface area contributed by atoms with Crippen LogP contribution in [0.2, 0.25) is 0 Å². The third kappa shape index (κ3) is 1.93. The molecule has 1 aliphatic rings. The average molecular weight is 227 g/mol. The summed E-state index contributed by atoms with van der Waals surface area (Å²) in [5.41, 5.74) is 0.960. The fourth-order valence-corrected chi connectivity index (χ4v) is 2.72. The normalized spacial score (nSPS) is 30.5. The predicted molar refractivity (Wildman–Crippen MR) is 59.4 cm³/mol. The predicted octanol–water partition coefficient (Wildman–Crippen LogP) is 2.53. The van der Waals surface area contributed by atoms with Gasteiger partial charge in [0.05, 0.1) is 7.11 Å². The summed E-state index contributed by atoms with van der Waals surface area (Å²) in [5.74, 6) is 0.630. The maximum absolute atomic E-state index is 6.15. The molecule has 0 saturated heterocycles. The SMILES string of the molecule is COc1nccnc1C1(C)CCC(Cl)C1. The Bertz CT molecular complexity index is 358. The molecule has 2 rings (SSSR count). The molecular formula is C11H15ClN2O. The van der Waals surface area contributed by atoms with Crippen LogP contribution >= 0.6 is 11.6 Å². The Morgan fingerprint density at radius 3 is 2.80 bits per heavy atom. The van der Waals surface area contributed by atoms with E-state index in [1.54, 1.807) is 19.5 Å². The largest absolute Gasteiger partial charge is 0.480 e. The number of hydrogen-bond acceptors (Lipinski definition) is 3. The molecule has 1 saturated carbocycles. The first-order chi connectivity index (χ1) is 7.15. The van der Waals surface area contributed by atoms with Crippen LogP contribution in [0.25, 0.3) is 0 Å². The van der Waals surface area contributed by atoms with Gasteiger partial charge >= 0.3 is 0 Å². The smallest absolute Gasteiger partial charge is 0.235 e. The van der Waals surface area contributed by atoms with E-state index in [1.165, 1.54) is 0 Å². The van der Waals surface area contributed by atoms with Crippen LogP contribution < -0.4 is 4.74 Å². The maximum Gasteiger partial charge on any atom is 0.235 e. The topological polar surface area (TPSA) is 35.0 Å². The maximum atomic E-state index is 6.15. The summed E-state index contributed by atoms with van der Waals surface area (Å²) < 4.78 is 5.24. The number of rotatable bonds is 2. The monoisotopic (exact) mass is 226 g/mol. The molecular weight excluding hydrogens is 212 g/mol. The van der Waals surface area contributed by atoms with Gasteiger partial charge in [0.15, 0.2) is 0 Å². The van der Waals surface area contributed by atoms with Crippen LogP contribution in [0.1, 0.15) is 31.9 Å². The van der Waals surface area contributed by atoms with Gasteiger partial charge in [0, 0.05) is 23.2 Å². The molecule has 1 aliphatic carbocycles. The summed E-state index contributed by atoms with van der Waals surface area (Å²) in [6, 6.07) is 0. The number of methoxy groups -OCH3 is 1. The van der Waals surface area contributed by atoms with Gasteiger partial charge in [-0.15, -0.1) is 11.6 Å². The van der Waals surface area contributed by atoms with E-state index in [0.29, 0.717) is 5.88 Å². The van der Waals surface area contributed by atoms with Gasteiger partial charge in [-0.05, 0) is 19.3 Å². The highest BCUT2D eigenvalue weighted by molar-refractivity contribution is 6.20. The van der Waals surface area contributed by atoms with Crippen molar-refractivity contribution in [3.63, 3.8) is 0 Å². The molecule has 1 heterocycles. The van der Waals surface area contributed by atoms with Crippen LogP contribution in [0, 0.1) is 0 Å². The van der Waals surface area contributed by atoms with E-state index in [2.05, 4.69) is 16.9 Å². The van der Waals surface area contributed by atoms with E-state index in [-0.39, 0.29) is 10.8 Å². The summed E-state index contributed by atoms with van der Waals surface area (Å²) >= 11 is 6.15. The molecule has 1 aromatic heterocycles. The van der Waals surface area contributed by atoms with E-state index in [9.17, 15) is 0 Å². The number of aromatic nitrogens is 2. The van der Waals surface area contributed by atoms with Gasteiger partial charge in [-0.1, -0.05) is 6.92 Å². The van der Waals surface area contributed by atoms with Gasteiger partial charge in [-0.3, -0.25) is 4.98 Å². The molecule has 2 unspecified atom stereocenters. The van der Waals surface area contributed by atoms with Crippen molar-refractivity contribution in [2.45, 2.75) is 37.0 Å².